The Labute approximate surface area is 179 Å². The van der Waals surface area contributed by atoms with E-state index in [0.29, 0.717) is 19.5 Å². The third kappa shape index (κ3) is 4.03. The third-order valence-corrected chi connectivity index (χ3v) is 8.20. The molecule has 1 aromatic heterocycles. The van der Waals surface area contributed by atoms with Gasteiger partial charge in [-0.25, -0.2) is 12.8 Å². The average Bonchev–Trinajstić information content (AvgIpc) is 3.25. The van der Waals surface area contributed by atoms with E-state index in [-0.39, 0.29) is 15.6 Å². The Morgan fingerprint density at radius 3 is 2.53 bits per heavy atom. The van der Waals surface area contributed by atoms with Crippen LogP contribution in [0.4, 0.5) is 4.39 Å². The Kier molecular flexibility index (Phi) is 5.73. The standard InChI is InChI=1S/C22H21FN2O3S2/c1-15(16-6-8-19(23)9-7-16)24-22(26)21-20(11-13-29-21)30(27,28)25-12-10-17-4-2-3-5-18(17)14-25/h2-9,11,13,15H,10,12,14H2,1H3,(H,24,26). The van der Waals surface area contributed by atoms with Crippen molar-refractivity contribution in [2.75, 3.05) is 6.54 Å². The van der Waals surface area contributed by atoms with Crippen molar-refractivity contribution in [2.45, 2.75) is 30.8 Å². The number of hydrogen-bond acceptors (Lipinski definition) is 4. The Morgan fingerprint density at radius 2 is 1.80 bits per heavy atom. The Balaban J connectivity index is 1.55. The monoisotopic (exact) mass is 444 g/mol. The third-order valence-electron chi connectivity index (χ3n) is 5.27. The van der Waals surface area contributed by atoms with Gasteiger partial charge < -0.3 is 5.32 Å². The second-order valence-electron chi connectivity index (χ2n) is 7.22. The first kappa shape index (κ1) is 20.7. The first-order valence-corrected chi connectivity index (χ1v) is 11.9. The molecule has 0 spiro atoms. The molecule has 0 aliphatic carbocycles. The molecule has 1 unspecified atom stereocenters. The van der Waals surface area contributed by atoms with Gasteiger partial charge in [0.2, 0.25) is 10.0 Å². The van der Waals surface area contributed by atoms with Crippen LogP contribution in [0.2, 0.25) is 0 Å². The minimum atomic E-state index is -3.81. The van der Waals surface area contributed by atoms with Gasteiger partial charge in [-0.3, -0.25) is 4.79 Å². The van der Waals surface area contributed by atoms with Crippen LogP contribution in [-0.2, 0) is 23.0 Å². The molecular weight excluding hydrogens is 423 g/mol. The summed E-state index contributed by atoms with van der Waals surface area (Å²) in [7, 11) is -3.81. The van der Waals surface area contributed by atoms with Crippen LogP contribution in [0.3, 0.4) is 0 Å². The van der Waals surface area contributed by atoms with Crippen molar-refractivity contribution in [1.29, 1.82) is 0 Å². The summed E-state index contributed by atoms with van der Waals surface area (Å²) in [5.74, 6) is -0.815. The topological polar surface area (TPSA) is 66.5 Å². The number of rotatable bonds is 5. The average molecular weight is 445 g/mol. The SMILES string of the molecule is CC(NC(=O)c1sccc1S(=O)(=O)N1CCc2ccccc2C1)c1ccc(F)cc1. The van der Waals surface area contributed by atoms with Gasteiger partial charge >= 0.3 is 0 Å². The van der Waals surface area contributed by atoms with Gasteiger partial charge in [-0.05, 0) is 53.6 Å². The molecule has 0 bridgehead atoms. The van der Waals surface area contributed by atoms with Crippen LogP contribution in [0.25, 0.3) is 0 Å². The number of fused-ring (bicyclic) bond motifs is 1. The van der Waals surface area contributed by atoms with Crippen LogP contribution >= 0.6 is 11.3 Å². The van der Waals surface area contributed by atoms with Crippen LogP contribution in [0.15, 0.2) is 64.9 Å². The number of nitrogens with one attached hydrogen (secondary N) is 1. The number of benzene rings is 2. The van der Waals surface area contributed by atoms with E-state index in [1.54, 1.807) is 24.4 Å². The molecule has 2 aromatic carbocycles. The molecule has 2 heterocycles. The van der Waals surface area contributed by atoms with Crippen molar-refractivity contribution in [3.8, 4) is 0 Å². The molecule has 0 radical (unpaired) electrons. The number of carbonyl (C=O) groups excluding carboxylic acids is 1. The zero-order valence-corrected chi connectivity index (χ0v) is 18.0. The first-order chi connectivity index (χ1) is 14.4. The summed E-state index contributed by atoms with van der Waals surface area (Å²) in [6.45, 7) is 2.44. The minimum Gasteiger partial charge on any atom is -0.345 e. The number of carbonyl (C=O) groups is 1. The smallest absolute Gasteiger partial charge is 0.263 e. The number of sulfonamides is 1. The zero-order valence-electron chi connectivity index (χ0n) is 16.3. The first-order valence-electron chi connectivity index (χ1n) is 9.57. The summed E-state index contributed by atoms with van der Waals surface area (Å²) < 4.78 is 41.1. The van der Waals surface area contributed by atoms with E-state index in [1.165, 1.54) is 22.5 Å². The molecule has 1 atom stereocenters. The van der Waals surface area contributed by atoms with Gasteiger partial charge in [0.05, 0.1) is 6.04 Å². The Hall–Kier alpha value is -2.55. The summed E-state index contributed by atoms with van der Waals surface area (Å²) in [4.78, 5) is 13.0. The fourth-order valence-corrected chi connectivity index (χ4v) is 6.30. The van der Waals surface area contributed by atoms with E-state index in [9.17, 15) is 17.6 Å². The van der Waals surface area contributed by atoms with Gasteiger partial charge in [0.25, 0.3) is 5.91 Å². The van der Waals surface area contributed by atoms with Crippen LogP contribution in [-0.4, -0.2) is 25.2 Å². The summed E-state index contributed by atoms with van der Waals surface area (Å²) in [6.07, 6.45) is 0.642. The lowest BCUT2D eigenvalue weighted by Gasteiger charge is -2.28. The molecule has 0 saturated heterocycles. The highest BCUT2D eigenvalue weighted by atomic mass is 32.2. The fourth-order valence-electron chi connectivity index (χ4n) is 3.58. The number of nitrogens with zero attached hydrogens (tertiary/aromatic N) is 1. The summed E-state index contributed by atoms with van der Waals surface area (Å²) >= 11 is 1.10. The summed E-state index contributed by atoms with van der Waals surface area (Å²) in [5.41, 5.74) is 2.87. The molecule has 5 nitrogen and oxygen atoms in total. The largest absolute Gasteiger partial charge is 0.345 e. The maximum Gasteiger partial charge on any atom is 0.263 e. The van der Waals surface area contributed by atoms with E-state index in [1.807, 2.05) is 24.3 Å². The predicted molar refractivity (Wildman–Crippen MR) is 114 cm³/mol. The molecule has 1 N–H and O–H groups in total. The van der Waals surface area contributed by atoms with E-state index in [4.69, 9.17) is 0 Å². The van der Waals surface area contributed by atoms with Crippen LogP contribution in [0.5, 0.6) is 0 Å². The second kappa shape index (κ2) is 8.29. The van der Waals surface area contributed by atoms with Crippen molar-refractivity contribution in [2.24, 2.45) is 0 Å². The van der Waals surface area contributed by atoms with Crippen LogP contribution in [0, 0.1) is 5.82 Å². The highest BCUT2D eigenvalue weighted by molar-refractivity contribution is 7.89. The van der Waals surface area contributed by atoms with Crippen LogP contribution in [0.1, 0.15) is 39.3 Å². The van der Waals surface area contributed by atoms with Gasteiger partial charge in [-0.2, -0.15) is 4.31 Å². The van der Waals surface area contributed by atoms with Crippen LogP contribution < -0.4 is 5.32 Å². The lowest BCUT2D eigenvalue weighted by molar-refractivity contribution is 0.0941. The van der Waals surface area contributed by atoms with E-state index in [0.717, 1.165) is 28.0 Å². The lowest BCUT2D eigenvalue weighted by Crippen LogP contribution is -2.37. The maximum absolute atomic E-state index is 13.3. The molecular formula is C22H21FN2O3S2. The number of hydrogen-bond donors (Lipinski definition) is 1. The van der Waals surface area contributed by atoms with Gasteiger partial charge in [-0.1, -0.05) is 36.4 Å². The van der Waals surface area contributed by atoms with Crippen molar-refractivity contribution in [1.82, 2.24) is 9.62 Å². The zero-order chi connectivity index (χ0) is 21.3. The molecule has 30 heavy (non-hydrogen) atoms. The lowest BCUT2D eigenvalue weighted by atomic mass is 10.0. The number of thiophene rings is 1. The summed E-state index contributed by atoms with van der Waals surface area (Å²) in [5, 5.41) is 4.43. The van der Waals surface area contributed by atoms with Gasteiger partial charge in [0.1, 0.15) is 15.6 Å². The molecule has 1 aliphatic rings. The van der Waals surface area contributed by atoms with E-state index < -0.39 is 22.0 Å². The fraction of sp³-hybridized carbons (Fsp3) is 0.227. The molecule has 4 rings (SSSR count). The molecule has 156 valence electrons. The van der Waals surface area contributed by atoms with E-state index >= 15 is 0 Å². The number of amides is 1. The van der Waals surface area contributed by atoms with Gasteiger partial charge in [0, 0.05) is 13.1 Å². The number of halogens is 1. The predicted octanol–water partition coefficient (Wildman–Crippen LogP) is 4.13. The quantitative estimate of drug-likeness (QED) is 0.644. The molecule has 1 amide bonds. The normalized spacial score (nSPS) is 15.4. The minimum absolute atomic E-state index is 0.0238. The molecule has 3 aromatic rings. The molecule has 0 saturated carbocycles. The molecule has 1 aliphatic heterocycles. The summed E-state index contributed by atoms with van der Waals surface area (Å²) in [6, 6.07) is 14.7. The molecule has 8 heteroatoms. The maximum atomic E-state index is 13.3. The van der Waals surface area contributed by atoms with Crippen molar-refractivity contribution in [3.05, 3.63) is 87.4 Å². The van der Waals surface area contributed by atoms with E-state index in [2.05, 4.69) is 5.32 Å². The van der Waals surface area contributed by atoms with Gasteiger partial charge in [0.15, 0.2) is 0 Å². The Morgan fingerprint density at radius 1 is 1.10 bits per heavy atom. The Bertz CT molecular complexity index is 1170. The van der Waals surface area contributed by atoms with Crippen molar-refractivity contribution < 1.29 is 17.6 Å². The van der Waals surface area contributed by atoms with Crippen molar-refractivity contribution in [3.63, 3.8) is 0 Å². The highest BCUT2D eigenvalue weighted by Gasteiger charge is 2.32. The van der Waals surface area contributed by atoms with Crippen molar-refractivity contribution >= 4 is 27.3 Å². The highest BCUT2D eigenvalue weighted by Crippen LogP contribution is 2.29. The van der Waals surface area contributed by atoms with Gasteiger partial charge in [-0.15, -0.1) is 11.3 Å². The molecule has 0 fully saturated rings. The second-order valence-corrected chi connectivity index (χ2v) is 10.0.